The average Bonchev–Trinajstić information content (AvgIpc) is 3.70. The van der Waals surface area contributed by atoms with Gasteiger partial charge in [-0.1, -0.05) is 78.6 Å². The van der Waals surface area contributed by atoms with Gasteiger partial charge in [0.25, 0.3) is 25.2 Å². The third kappa shape index (κ3) is 9.66. The van der Waals surface area contributed by atoms with E-state index >= 15 is 0 Å². The van der Waals surface area contributed by atoms with Crippen molar-refractivity contribution in [3.05, 3.63) is 113 Å². The molecule has 0 radical (unpaired) electrons. The quantitative estimate of drug-likeness (QED) is 0.0855. The van der Waals surface area contributed by atoms with Crippen LogP contribution in [0.2, 0.25) is 0 Å². The lowest BCUT2D eigenvalue weighted by Crippen LogP contribution is -2.36. The molecule has 0 aliphatic carbocycles. The molecule has 11 nitrogen and oxygen atoms in total. The van der Waals surface area contributed by atoms with Gasteiger partial charge in [-0.3, -0.25) is 14.1 Å². The van der Waals surface area contributed by atoms with Crippen molar-refractivity contribution in [2.75, 3.05) is 37.2 Å². The fourth-order valence-corrected chi connectivity index (χ4v) is 9.97. The van der Waals surface area contributed by atoms with E-state index in [0.717, 1.165) is 69.5 Å². The first-order valence-electron chi connectivity index (χ1n) is 17.6. The molecule has 7 rings (SSSR count). The van der Waals surface area contributed by atoms with Gasteiger partial charge >= 0.3 is 0 Å². The molecule has 0 spiro atoms. The minimum absolute atomic E-state index is 0.223. The van der Waals surface area contributed by atoms with Crippen molar-refractivity contribution in [1.29, 1.82) is 0 Å². The highest BCUT2D eigenvalue weighted by Crippen LogP contribution is 2.52. The number of aryl methyl sites for hydroxylation is 1. The number of hydrogen-bond acceptors (Lipinski definition) is 10. The van der Waals surface area contributed by atoms with E-state index in [4.69, 9.17) is 9.47 Å². The van der Waals surface area contributed by atoms with Crippen LogP contribution in [0.3, 0.4) is 0 Å². The van der Waals surface area contributed by atoms with E-state index < -0.39 is 20.2 Å². The second kappa shape index (κ2) is 17.5. The summed E-state index contributed by atoms with van der Waals surface area (Å²) in [6.07, 6.45) is 8.82. The number of thioether (sulfide) groups is 1. The Hall–Kier alpha value is -4.51. The van der Waals surface area contributed by atoms with Gasteiger partial charge in [-0.15, -0.1) is 0 Å². The molecule has 3 heterocycles. The summed E-state index contributed by atoms with van der Waals surface area (Å²) in [5, 5.41) is 5.64. The van der Waals surface area contributed by atoms with Crippen LogP contribution in [0.4, 0.5) is 5.69 Å². The van der Waals surface area contributed by atoms with Crippen LogP contribution in [0.15, 0.2) is 113 Å². The van der Waals surface area contributed by atoms with Crippen LogP contribution in [0.5, 0.6) is 11.5 Å². The van der Waals surface area contributed by atoms with Gasteiger partial charge in [0.2, 0.25) is 5.52 Å². The molecule has 2 N–H and O–H groups in total. The maximum atomic E-state index is 11.6. The van der Waals surface area contributed by atoms with Crippen molar-refractivity contribution in [3.63, 3.8) is 0 Å². The van der Waals surface area contributed by atoms with E-state index in [1.165, 1.54) is 0 Å². The van der Waals surface area contributed by atoms with Crippen LogP contribution in [0.25, 0.3) is 37.8 Å². The van der Waals surface area contributed by atoms with Gasteiger partial charge in [0.05, 0.1) is 41.8 Å². The molecule has 0 saturated heterocycles. The summed E-state index contributed by atoms with van der Waals surface area (Å²) < 4.78 is 80.1. The van der Waals surface area contributed by atoms with E-state index in [1.54, 1.807) is 49.7 Å². The molecule has 15 heteroatoms. The smallest absolute Gasteiger partial charge is 0.265 e. The largest absolute Gasteiger partial charge is 0.496 e. The summed E-state index contributed by atoms with van der Waals surface area (Å²) in [5.74, 6) is 0.769. The summed E-state index contributed by atoms with van der Waals surface area (Å²) in [6, 6.07) is 25.6. The molecular weight excluding hydrogens is 779 g/mol. The second-order valence-electron chi connectivity index (χ2n) is 12.6. The molecule has 1 aliphatic heterocycles. The molecule has 0 unspecified atom stereocenters. The van der Waals surface area contributed by atoms with Crippen molar-refractivity contribution in [1.82, 2.24) is 4.98 Å². The maximum absolute atomic E-state index is 11.6. The third-order valence-electron chi connectivity index (χ3n) is 8.99. The molecule has 0 fully saturated rings. The number of thiazole rings is 1. The van der Waals surface area contributed by atoms with Crippen molar-refractivity contribution < 1.29 is 40.0 Å². The Bertz CT molecular complexity index is 2580. The molecule has 55 heavy (non-hydrogen) atoms. The number of rotatable bonds is 13. The predicted molar refractivity (Wildman–Crippen MR) is 222 cm³/mol. The Morgan fingerprint density at radius 1 is 0.818 bits per heavy atom. The van der Waals surface area contributed by atoms with Crippen LogP contribution < -0.4 is 18.9 Å². The number of ether oxygens (including phenoxy) is 2. The highest BCUT2D eigenvalue weighted by Gasteiger charge is 2.30. The fourth-order valence-electron chi connectivity index (χ4n) is 6.56. The Morgan fingerprint density at radius 3 is 2.00 bits per heavy atom. The average molecular weight is 821 g/mol. The highest BCUT2D eigenvalue weighted by molar-refractivity contribution is 8.03. The molecule has 4 aromatic carbocycles. The Labute approximate surface area is 329 Å². The zero-order valence-corrected chi connectivity index (χ0v) is 33.8. The minimum atomic E-state index is -4.14. The van der Waals surface area contributed by atoms with E-state index in [1.807, 2.05) is 78.9 Å². The summed E-state index contributed by atoms with van der Waals surface area (Å²) in [6.45, 7) is 2.79. The molecule has 288 valence electrons. The van der Waals surface area contributed by atoms with Gasteiger partial charge in [0.15, 0.2) is 6.54 Å². The summed E-state index contributed by atoms with van der Waals surface area (Å²) in [7, 11) is -4.99. The normalized spacial score (nSPS) is 14.0. The molecule has 0 amide bonds. The van der Waals surface area contributed by atoms with E-state index in [0.29, 0.717) is 19.5 Å². The zero-order valence-electron chi connectivity index (χ0n) is 30.6. The van der Waals surface area contributed by atoms with Crippen molar-refractivity contribution >= 4 is 86.9 Å². The monoisotopic (exact) mass is 820 g/mol. The van der Waals surface area contributed by atoms with Crippen molar-refractivity contribution in [3.8, 4) is 11.5 Å². The molecule has 0 atom stereocenters. The first-order valence-corrected chi connectivity index (χ1v) is 22.4. The minimum Gasteiger partial charge on any atom is -0.496 e. The highest BCUT2D eigenvalue weighted by atomic mass is 32.2. The Morgan fingerprint density at radius 2 is 1.42 bits per heavy atom. The molecule has 0 saturated carbocycles. The van der Waals surface area contributed by atoms with Crippen LogP contribution in [-0.2, 0) is 26.8 Å². The Balaban J connectivity index is 0.000000782. The lowest BCUT2D eigenvalue weighted by atomic mass is 10.1. The lowest BCUT2D eigenvalue weighted by molar-refractivity contribution is -0.667. The van der Waals surface area contributed by atoms with Gasteiger partial charge in [0, 0.05) is 58.6 Å². The number of pyridine rings is 1. The van der Waals surface area contributed by atoms with Crippen molar-refractivity contribution in [2.24, 2.45) is 0 Å². The molecule has 0 bridgehead atoms. The lowest BCUT2D eigenvalue weighted by Gasteiger charge is -2.22. The number of allylic oxidation sites excluding steroid dienone is 2. The van der Waals surface area contributed by atoms with Crippen LogP contribution in [0, 0.1) is 0 Å². The standard InChI is InChI=1S/C35H36N2O8S4.C5H5N/c1-4-23(19-32-36(15-9-17-48(38,39)40)34-26-13-7-5-11-24(26)28(44-2)21-30(34)46-32)20-33-37(16-10-18-49(41,42)43)35-27-14-8-6-12-25(27)29(45-3)22-31(35)47-33;1-2-4-6-5-3-1/h5-8,11-14,19-22H,4,9-10,15-18H2,1-3H3,(H-,38,39,40,41,42,43);1-5H/p+1. The van der Waals surface area contributed by atoms with Crippen LogP contribution >= 0.6 is 23.1 Å². The molecular formula is C40H42N3O8S4+. The van der Waals surface area contributed by atoms with Gasteiger partial charge in [-0.2, -0.15) is 21.4 Å². The number of fused-ring (bicyclic) bond motifs is 6. The number of hydrogen-bond donors (Lipinski definition) is 2. The number of aromatic nitrogens is 2. The Kier molecular flexibility index (Phi) is 12.8. The SMILES string of the molecule is CCC(/C=C1\Sc2cc(OC)c3ccccc3c2N1CCCS(=O)(=O)O)=C\c1sc2cc(OC)c3ccccc3c2[n+]1CCCS(=O)(=O)O.c1ccncc1. The van der Waals surface area contributed by atoms with Gasteiger partial charge < -0.3 is 14.4 Å². The topological polar surface area (TPSA) is 147 Å². The van der Waals surface area contributed by atoms with E-state index in [9.17, 15) is 25.9 Å². The van der Waals surface area contributed by atoms with Crippen LogP contribution in [0.1, 0.15) is 31.2 Å². The second-order valence-corrected chi connectivity index (χ2v) is 17.9. The van der Waals surface area contributed by atoms with E-state index in [-0.39, 0.29) is 24.3 Å². The zero-order chi connectivity index (χ0) is 39.2. The molecule has 2 aromatic heterocycles. The number of anilines is 1. The predicted octanol–water partition coefficient (Wildman–Crippen LogP) is 8.40. The van der Waals surface area contributed by atoms with Crippen LogP contribution in [-0.4, -0.2) is 63.2 Å². The van der Waals surface area contributed by atoms with E-state index in [2.05, 4.69) is 33.5 Å². The van der Waals surface area contributed by atoms with Gasteiger partial charge in [-0.05, 0) is 48.8 Å². The molecule has 1 aliphatic rings. The van der Waals surface area contributed by atoms with Gasteiger partial charge in [0.1, 0.15) is 16.2 Å². The number of methoxy groups -OCH3 is 2. The first-order chi connectivity index (χ1) is 26.4. The maximum Gasteiger partial charge on any atom is 0.265 e. The number of nitrogens with zero attached hydrogens (tertiary/aromatic N) is 3. The van der Waals surface area contributed by atoms with Gasteiger partial charge in [-0.25, -0.2) is 0 Å². The summed E-state index contributed by atoms with van der Waals surface area (Å²) >= 11 is 3.15. The molecule has 6 aromatic rings. The third-order valence-corrected chi connectivity index (χ3v) is 12.8. The first kappa shape index (κ1) is 40.2. The number of benzene rings is 4. The summed E-state index contributed by atoms with van der Waals surface area (Å²) in [4.78, 5) is 6.87. The summed E-state index contributed by atoms with van der Waals surface area (Å²) in [5.41, 5.74) is 2.91. The fraction of sp³-hybridized carbons (Fsp3) is 0.250. The van der Waals surface area contributed by atoms with Crippen molar-refractivity contribution in [2.45, 2.75) is 37.6 Å².